The van der Waals surface area contributed by atoms with Crippen LogP contribution in [0.1, 0.15) is 24.5 Å². The fraction of sp³-hybridized carbons (Fsp3) is 0.467. The lowest BCUT2D eigenvalue weighted by Crippen LogP contribution is -2.36. The van der Waals surface area contributed by atoms with Gasteiger partial charge in [0.25, 0.3) is 0 Å². The van der Waals surface area contributed by atoms with Gasteiger partial charge in [-0.15, -0.1) is 8.78 Å². The second-order valence-corrected chi connectivity index (χ2v) is 4.50. The van der Waals surface area contributed by atoms with Gasteiger partial charge in [-0.25, -0.2) is 0 Å². The van der Waals surface area contributed by atoms with E-state index in [1.807, 2.05) is 24.3 Å². The molecule has 0 aromatic heterocycles. The van der Waals surface area contributed by atoms with Crippen LogP contribution in [-0.2, 0) is 15.9 Å². The molecule has 2 rings (SSSR count). The molecule has 0 saturated carbocycles. The minimum absolute atomic E-state index is 0.103. The van der Waals surface area contributed by atoms with Gasteiger partial charge in [0.1, 0.15) is 0 Å². The standard InChI is InChI=1S/C15H16F2O2/c1-2-3-12-4-6-13(7-5-12)8-9-14-10-18-15(16,17)19-11-14/h4-7,14H,2-3,10-11H2,1H3. The first-order chi connectivity index (χ1) is 9.09. The summed E-state index contributed by atoms with van der Waals surface area (Å²) in [4.78, 5) is 0. The number of rotatable bonds is 2. The molecule has 1 saturated heterocycles. The monoisotopic (exact) mass is 266 g/mol. The molecule has 19 heavy (non-hydrogen) atoms. The van der Waals surface area contributed by atoms with Crippen molar-refractivity contribution >= 4 is 0 Å². The molecule has 0 atom stereocenters. The third kappa shape index (κ3) is 4.30. The molecule has 1 aromatic rings. The Morgan fingerprint density at radius 2 is 1.84 bits per heavy atom. The Kier molecular flexibility index (Phi) is 4.52. The molecule has 1 heterocycles. The van der Waals surface area contributed by atoms with Gasteiger partial charge in [0.05, 0.1) is 19.1 Å². The Labute approximate surface area is 111 Å². The lowest BCUT2D eigenvalue weighted by molar-refractivity contribution is -0.416. The van der Waals surface area contributed by atoms with E-state index in [0.717, 1.165) is 18.4 Å². The number of halogens is 2. The van der Waals surface area contributed by atoms with E-state index in [4.69, 9.17) is 0 Å². The molecule has 102 valence electrons. The first kappa shape index (κ1) is 14.0. The highest BCUT2D eigenvalue weighted by atomic mass is 19.3. The van der Waals surface area contributed by atoms with Gasteiger partial charge in [-0.3, -0.25) is 9.47 Å². The first-order valence-corrected chi connectivity index (χ1v) is 6.35. The summed E-state index contributed by atoms with van der Waals surface area (Å²) in [5.74, 6) is 5.54. The van der Waals surface area contributed by atoms with Crippen molar-refractivity contribution in [1.29, 1.82) is 0 Å². The maximum atomic E-state index is 12.6. The zero-order chi connectivity index (χ0) is 13.7. The third-order valence-electron chi connectivity index (χ3n) is 2.82. The molecule has 0 unspecified atom stereocenters. The second-order valence-electron chi connectivity index (χ2n) is 4.50. The van der Waals surface area contributed by atoms with Crippen LogP contribution in [0.15, 0.2) is 24.3 Å². The predicted molar refractivity (Wildman–Crippen MR) is 67.7 cm³/mol. The maximum Gasteiger partial charge on any atom is 0.485 e. The molecule has 0 aliphatic carbocycles. The SMILES string of the molecule is CCCc1ccc(C#CC2COC(F)(F)OC2)cc1. The minimum Gasteiger partial charge on any atom is -0.294 e. The number of ether oxygens (including phenoxy) is 2. The summed E-state index contributed by atoms with van der Waals surface area (Å²) in [5.41, 5.74) is 2.15. The number of aryl methyl sites for hydroxylation is 1. The Balaban J connectivity index is 1.93. The molecule has 0 radical (unpaired) electrons. The quantitative estimate of drug-likeness (QED) is 0.765. The second kappa shape index (κ2) is 6.14. The summed E-state index contributed by atoms with van der Waals surface area (Å²) in [5, 5.41) is 0. The van der Waals surface area contributed by atoms with Crippen molar-refractivity contribution in [2.45, 2.75) is 26.1 Å². The van der Waals surface area contributed by atoms with Gasteiger partial charge in [-0.1, -0.05) is 37.3 Å². The van der Waals surface area contributed by atoms with Crippen LogP contribution in [0.25, 0.3) is 0 Å². The number of benzene rings is 1. The molecule has 1 fully saturated rings. The van der Waals surface area contributed by atoms with Crippen molar-refractivity contribution in [3.63, 3.8) is 0 Å². The molecule has 0 bridgehead atoms. The van der Waals surface area contributed by atoms with Crippen molar-refractivity contribution in [2.75, 3.05) is 13.2 Å². The normalized spacial score (nSPS) is 18.7. The van der Waals surface area contributed by atoms with Crippen LogP contribution in [-0.4, -0.2) is 19.5 Å². The van der Waals surface area contributed by atoms with Gasteiger partial charge in [-0.2, -0.15) is 0 Å². The zero-order valence-corrected chi connectivity index (χ0v) is 10.8. The van der Waals surface area contributed by atoms with E-state index in [1.54, 1.807) is 0 Å². The lowest BCUT2D eigenvalue weighted by atomic mass is 10.1. The van der Waals surface area contributed by atoms with Crippen LogP contribution in [0.2, 0.25) is 0 Å². The molecule has 1 aliphatic rings. The molecular formula is C15H16F2O2. The Morgan fingerprint density at radius 3 is 2.42 bits per heavy atom. The molecule has 0 amide bonds. The lowest BCUT2D eigenvalue weighted by Gasteiger charge is -2.25. The largest absolute Gasteiger partial charge is 0.485 e. The van der Waals surface area contributed by atoms with E-state index in [1.165, 1.54) is 5.56 Å². The third-order valence-corrected chi connectivity index (χ3v) is 2.82. The van der Waals surface area contributed by atoms with Crippen LogP contribution in [0, 0.1) is 17.8 Å². The van der Waals surface area contributed by atoms with Gasteiger partial charge in [-0.05, 0) is 24.1 Å². The molecule has 1 aliphatic heterocycles. The summed E-state index contributed by atoms with van der Waals surface area (Å²) in [6, 6.07) is 7.96. The predicted octanol–water partition coefficient (Wildman–Crippen LogP) is 3.20. The van der Waals surface area contributed by atoms with Crippen molar-refractivity contribution in [3.05, 3.63) is 35.4 Å². The van der Waals surface area contributed by atoms with Gasteiger partial charge < -0.3 is 0 Å². The van der Waals surface area contributed by atoms with Crippen LogP contribution in [0.3, 0.4) is 0 Å². The average Bonchev–Trinajstić information content (AvgIpc) is 2.40. The molecule has 2 nitrogen and oxygen atoms in total. The minimum atomic E-state index is -3.46. The Bertz CT molecular complexity index is 461. The van der Waals surface area contributed by atoms with Crippen LogP contribution in [0.4, 0.5) is 8.78 Å². The first-order valence-electron chi connectivity index (χ1n) is 6.35. The van der Waals surface area contributed by atoms with E-state index >= 15 is 0 Å². The molecule has 1 aromatic carbocycles. The highest BCUT2D eigenvalue weighted by molar-refractivity contribution is 5.36. The zero-order valence-electron chi connectivity index (χ0n) is 10.8. The van der Waals surface area contributed by atoms with E-state index < -0.39 is 6.29 Å². The van der Waals surface area contributed by atoms with Gasteiger partial charge in [0.2, 0.25) is 0 Å². The average molecular weight is 266 g/mol. The van der Waals surface area contributed by atoms with Crippen molar-refractivity contribution in [1.82, 2.24) is 0 Å². The van der Waals surface area contributed by atoms with E-state index in [2.05, 4.69) is 28.2 Å². The van der Waals surface area contributed by atoms with Crippen molar-refractivity contribution in [3.8, 4) is 11.8 Å². The summed E-state index contributed by atoms with van der Waals surface area (Å²) in [6.07, 6.45) is -1.30. The summed E-state index contributed by atoms with van der Waals surface area (Å²) in [6.45, 7) is 1.93. The van der Waals surface area contributed by atoms with Crippen LogP contribution >= 0.6 is 0 Å². The fourth-order valence-corrected chi connectivity index (χ4v) is 1.80. The van der Waals surface area contributed by atoms with Crippen LogP contribution < -0.4 is 0 Å². The van der Waals surface area contributed by atoms with Gasteiger partial charge in [0, 0.05) is 5.56 Å². The maximum absolute atomic E-state index is 12.6. The molecule has 4 heteroatoms. The number of hydrogen-bond donors (Lipinski definition) is 0. The summed E-state index contributed by atoms with van der Waals surface area (Å²) < 4.78 is 33.6. The number of alkyl halides is 2. The Hall–Kier alpha value is -1.44. The fourth-order valence-electron chi connectivity index (χ4n) is 1.80. The summed E-state index contributed by atoms with van der Waals surface area (Å²) in [7, 11) is 0. The van der Waals surface area contributed by atoms with Gasteiger partial charge in [0.15, 0.2) is 0 Å². The van der Waals surface area contributed by atoms with Crippen molar-refractivity contribution in [2.24, 2.45) is 5.92 Å². The Morgan fingerprint density at radius 1 is 1.21 bits per heavy atom. The molecule has 0 N–H and O–H groups in total. The van der Waals surface area contributed by atoms with Crippen molar-refractivity contribution < 1.29 is 18.3 Å². The van der Waals surface area contributed by atoms with Gasteiger partial charge >= 0.3 is 6.29 Å². The topological polar surface area (TPSA) is 18.5 Å². The van der Waals surface area contributed by atoms with E-state index in [9.17, 15) is 8.78 Å². The smallest absolute Gasteiger partial charge is 0.294 e. The van der Waals surface area contributed by atoms with E-state index in [-0.39, 0.29) is 19.1 Å². The summed E-state index contributed by atoms with van der Waals surface area (Å²) >= 11 is 0. The number of hydrogen-bond acceptors (Lipinski definition) is 2. The highest BCUT2D eigenvalue weighted by Gasteiger charge is 2.37. The highest BCUT2D eigenvalue weighted by Crippen LogP contribution is 2.23. The molecule has 0 spiro atoms. The van der Waals surface area contributed by atoms with E-state index in [0.29, 0.717) is 0 Å². The molecular weight excluding hydrogens is 250 g/mol. The van der Waals surface area contributed by atoms with Crippen LogP contribution in [0.5, 0.6) is 0 Å².